The molecule has 0 atom stereocenters. The number of amides is 1. The lowest BCUT2D eigenvalue weighted by molar-refractivity contribution is 0.0732. The van der Waals surface area contributed by atoms with Crippen LogP contribution in [0.5, 0.6) is 0 Å². The van der Waals surface area contributed by atoms with Crippen LogP contribution >= 0.6 is 0 Å². The number of rotatable bonds is 2. The van der Waals surface area contributed by atoms with Crippen LogP contribution in [-0.2, 0) is 13.0 Å². The molecule has 0 aliphatic carbocycles. The SMILES string of the molecule is O=C(c1cccnc1N1CCCCC1)N1CCc2nc[nH]c(=O)c2C1. The molecule has 1 fully saturated rings. The van der Waals surface area contributed by atoms with Gasteiger partial charge < -0.3 is 14.8 Å². The van der Waals surface area contributed by atoms with Crippen LogP contribution in [0.25, 0.3) is 0 Å². The Balaban J connectivity index is 1.62. The average molecular weight is 339 g/mol. The van der Waals surface area contributed by atoms with E-state index in [1.54, 1.807) is 17.2 Å². The van der Waals surface area contributed by atoms with E-state index in [4.69, 9.17) is 0 Å². The molecule has 0 radical (unpaired) electrons. The van der Waals surface area contributed by atoms with E-state index in [1.165, 1.54) is 12.7 Å². The van der Waals surface area contributed by atoms with Gasteiger partial charge in [-0.3, -0.25) is 9.59 Å². The molecule has 4 rings (SSSR count). The van der Waals surface area contributed by atoms with E-state index in [9.17, 15) is 9.59 Å². The third kappa shape index (κ3) is 3.01. The predicted molar refractivity (Wildman–Crippen MR) is 93.6 cm³/mol. The lowest BCUT2D eigenvalue weighted by Gasteiger charge is -2.31. The van der Waals surface area contributed by atoms with Crippen molar-refractivity contribution in [1.29, 1.82) is 0 Å². The van der Waals surface area contributed by atoms with E-state index in [0.717, 1.165) is 37.4 Å². The van der Waals surface area contributed by atoms with E-state index < -0.39 is 0 Å². The van der Waals surface area contributed by atoms with Gasteiger partial charge in [0.05, 0.1) is 29.7 Å². The standard InChI is InChI=1S/C18H21N5O2/c24-17-14-11-23(10-6-15(14)20-12-21-17)18(25)13-5-4-7-19-16(13)22-8-2-1-3-9-22/h4-5,7,12H,1-3,6,8-11H2,(H,20,21,24). The maximum absolute atomic E-state index is 13.1. The normalized spacial score (nSPS) is 17.3. The van der Waals surface area contributed by atoms with Crippen molar-refractivity contribution >= 4 is 11.7 Å². The molecular formula is C18H21N5O2. The molecule has 0 aromatic carbocycles. The maximum atomic E-state index is 13.1. The van der Waals surface area contributed by atoms with Gasteiger partial charge in [-0.1, -0.05) is 0 Å². The van der Waals surface area contributed by atoms with Crippen LogP contribution in [-0.4, -0.2) is 45.4 Å². The number of H-pyrrole nitrogens is 1. The first kappa shape index (κ1) is 15.8. The van der Waals surface area contributed by atoms with Crippen LogP contribution in [0.4, 0.5) is 5.82 Å². The van der Waals surface area contributed by atoms with Gasteiger partial charge in [0.25, 0.3) is 11.5 Å². The summed E-state index contributed by atoms with van der Waals surface area (Å²) < 4.78 is 0. The number of hydrogen-bond acceptors (Lipinski definition) is 5. The van der Waals surface area contributed by atoms with Crippen LogP contribution in [0.3, 0.4) is 0 Å². The molecule has 7 nitrogen and oxygen atoms in total. The van der Waals surface area contributed by atoms with Gasteiger partial charge in [-0.05, 0) is 31.4 Å². The first-order valence-electron chi connectivity index (χ1n) is 8.79. The second kappa shape index (κ2) is 6.66. The Hall–Kier alpha value is -2.70. The molecule has 0 unspecified atom stereocenters. The molecule has 2 aliphatic heterocycles. The highest BCUT2D eigenvalue weighted by Crippen LogP contribution is 2.24. The molecular weight excluding hydrogens is 318 g/mol. The highest BCUT2D eigenvalue weighted by Gasteiger charge is 2.27. The summed E-state index contributed by atoms with van der Waals surface area (Å²) in [7, 11) is 0. The summed E-state index contributed by atoms with van der Waals surface area (Å²) >= 11 is 0. The largest absolute Gasteiger partial charge is 0.356 e. The maximum Gasteiger partial charge on any atom is 0.257 e. The third-order valence-corrected chi connectivity index (χ3v) is 4.97. The molecule has 0 bridgehead atoms. The number of hydrogen-bond donors (Lipinski definition) is 1. The minimum Gasteiger partial charge on any atom is -0.356 e. The highest BCUT2D eigenvalue weighted by molar-refractivity contribution is 5.99. The van der Waals surface area contributed by atoms with Crippen LogP contribution < -0.4 is 10.5 Å². The summed E-state index contributed by atoms with van der Waals surface area (Å²) in [5.74, 6) is 0.695. The smallest absolute Gasteiger partial charge is 0.257 e. The van der Waals surface area contributed by atoms with Gasteiger partial charge in [0.1, 0.15) is 5.82 Å². The van der Waals surface area contributed by atoms with Crippen molar-refractivity contribution in [2.24, 2.45) is 0 Å². The fourth-order valence-corrected chi connectivity index (χ4v) is 3.62. The Bertz CT molecular complexity index is 841. The Morgan fingerprint density at radius 1 is 1.12 bits per heavy atom. The van der Waals surface area contributed by atoms with E-state index in [0.29, 0.717) is 30.6 Å². The van der Waals surface area contributed by atoms with E-state index >= 15 is 0 Å². The van der Waals surface area contributed by atoms with Gasteiger partial charge in [-0.25, -0.2) is 9.97 Å². The molecule has 2 aromatic heterocycles. The molecule has 1 N–H and O–H groups in total. The Kier molecular flexibility index (Phi) is 4.21. The molecule has 0 saturated carbocycles. The summed E-state index contributed by atoms with van der Waals surface area (Å²) in [5.41, 5.74) is 1.83. The predicted octanol–water partition coefficient (Wildman–Crippen LogP) is 1.35. The molecule has 4 heterocycles. The fourth-order valence-electron chi connectivity index (χ4n) is 3.62. The molecule has 7 heteroatoms. The van der Waals surface area contributed by atoms with Gasteiger partial charge in [0.2, 0.25) is 0 Å². The summed E-state index contributed by atoms with van der Waals surface area (Å²) in [6.45, 7) is 2.73. The molecule has 1 saturated heterocycles. The van der Waals surface area contributed by atoms with Crippen LogP contribution in [0, 0.1) is 0 Å². The summed E-state index contributed by atoms with van der Waals surface area (Å²) in [6.07, 6.45) is 7.25. The summed E-state index contributed by atoms with van der Waals surface area (Å²) in [4.78, 5) is 40.4. The van der Waals surface area contributed by atoms with Crippen molar-refractivity contribution < 1.29 is 4.79 Å². The van der Waals surface area contributed by atoms with Crippen molar-refractivity contribution in [3.63, 3.8) is 0 Å². The Morgan fingerprint density at radius 3 is 2.80 bits per heavy atom. The average Bonchev–Trinajstić information content (AvgIpc) is 2.68. The molecule has 0 spiro atoms. The first-order valence-corrected chi connectivity index (χ1v) is 8.79. The minimum absolute atomic E-state index is 0.0671. The summed E-state index contributed by atoms with van der Waals surface area (Å²) in [6, 6.07) is 3.63. The Morgan fingerprint density at radius 2 is 1.96 bits per heavy atom. The highest BCUT2D eigenvalue weighted by atomic mass is 16.2. The third-order valence-electron chi connectivity index (χ3n) is 4.97. The van der Waals surface area contributed by atoms with Crippen LogP contribution in [0.2, 0.25) is 0 Å². The van der Waals surface area contributed by atoms with Gasteiger partial charge >= 0.3 is 0 Å². The number of aromatic nitrogens is 3. The quantitative estimate of drug-likeness (QED) is 0.893. The van der Waals surface area contributed by atoms with Gasteiger partial charge in [-0.2, -0.15) is 0 Å². The lowest BCUT2D eigenvalue weighted by atomic mass is 10.1. The van der Waals surface area contributed by atoms with Crippen molar-refractivity contribution in [1.82, 2.24) is 19.9 Å². The van der Waals surface area contributed by atoms with E-state index in [-0.39, 0.29) is 11.5 Å². The monoisotopic (exact) mass is 339 g/mol. The zero-order valence-corrected chi connectivity index (χ0v) is 14.1. The molecule has 2 aromatic rings. The van der Waals surface area contributed by atoms with E-state index in [1.807, 2.05) is 6.07 Å². The summed E-state index contributed by atoms with van der Waals surface area (Å²) in [5, 5.41) is 0. The molecule has 2 aliphatic rings. The number of carbonyl (C=O) groups is 1. The van der Waals surface area contributed by atoms with Gasteiger partial charge in [-0.15, -0.1) is 0 Å². The van der Waals surface area contributed by atoms with Crippen LogP contribution in [0.15, 0.2) is 29.5 Å². The lowest BCUT2D eigenvalue weighted by Crippen LogP contribution is -2.40. The molecule has 130 valence electrons. The van der Waals surface area contributed by atoms with Crippen LogP contribution in [0.1, 0.15) is 40.9 Å². The van der Waals surface area contributed by atoms with Crippen molar-refractivity contribution in [3.05, 3.63) is 51.8 Å². The fraction of sp³-hybridized carbons (Fsp3) is 0.444. The number of aromatic amines is 1. The minimum atomic E-state index is -0.162. The van der Waals surface area contributed by atoms with E-state index in [2.05, 4.69) is 19.9 Å². The van der Waals surface area contributed by atoms with Gasteiger partial charge in [0, 0.05) is 32.3 Å². The zero-order chi connectivity index (χ0) is 17.2. The second-order valence-corrected chi connectivity index (χ2v) is 6.56. The number of carbonyl (C=O) groups excluding carboxylic acids is 1. The second-order valence-electron chi connectivity index (χ2n) is 6.56. The Labute approximate surface area is 145 Å². The van der Waals surface area contributed by atoms with Gasteiger partial charge in [0.15, 0.2) is 0 Å². The van der Waals surface area contributed by atoms with Crippen molar-refractivity contribution in [3.8, 4) is 0 Å². The molecule has 1 amide bonds. The van der Waals surface area contributed by atoms with Crippen molar-refractivity contribution in [2.45, 2.75) is 32.2 Å². The van der Waals surface area contributed by atoms with Crippen molar-refractivity contribution in [2.75, 3.05) is 24.5 Å². The number of pyridine rings is 1. The molecule has 25 heavy (non-hydrogen) atoms. The number of fused-ring (bicyclic) bond motifs is 1. The zero-order valence-electron chi connectivity index (χ0n) is 14.1. The number of anilines is 1. The number of nitrogens with zero attached hydrogens (tertiary/aromatic N) is 4. The number of piperidine rings is 1. The topological polar surface area (TPSA) is 82.2 Å². The number of nitrogens with one attached hydrogen (secondary N) is 1. The first-order chi connectivity index (χ1) is 12.2.